The Balaban J connectivity index is 2.44. The highest BCUT2D eigenvalue weighted by molar-refractivity contribution is 5.90. The van der Waals surface area contributed by atoms with Crippen LogP contribution in [0, 0.1) is 5.92 Å². The van der Waals surface area contributed by atoms with Crippen LogP contribution in [0.4, 0.5) is 18.9 Å². The van der Waals surface area contributed by atoms with E-state index < -0.39 is 12.8 Å². The van der Waals surface area contributed by atoms with Gasteiger partial charge in [0.05, 0.1) is 0 Å². The van der Waals surface area contributed by atoms with Crippen LogP contribution in [0.15, 0.2) is 24.3 Å². The highest BCUT2D eigenvalue weighted by Crippen LogP contribution is 2.20. The minimum absolute atomic E-state index is 0.109. The molecule has 0 radical (unpaired) electrons. The highest BCUT2D eigenvalue weighted by Gasteiger charge is 2.28. The van der Waals surface area contributed by atoms with Gasteiger partial charge in [0.2, 0.25) is 5.91 Å². The lowest BCUT2D eigenvalue weighted by Crippen LogP contribution is -2.19. The fraction of sp³-hybridized carbons (Fsp3) is 0.500. The Morgan fingerprint density at radius 3 is 2.35 bits per heavy atom. The van der Waals surface area contributed by atoms with Crippen molar-refractivity contribution in [1.82, 2.24) is 0 Å². The first-order valence-corrected chi connectivity index (χ1v) is 6.36. The number of hydrogen-bond donors (Lipinski definition) is 1. The molecule has 1 rings (SSSR count). The molecular formula is C14H18F3NO2. The maximum Gasteiger partial charge on any atom is 0.422 e. The topological polar surface area (TPSA) is 38.3 Å². The van der Waals surface area contributed by atoms with Crippen LogP contribution in [0.2, 0.25) is 0 Å². The van der Waals surface area contributed by atoms with Gasteiger partial charge in [-0.1, -0.05) is 13.8 Å². The third kappa shape index (κ3) is 7.01. The molecule has 1 aromatic rings. The molecule has 0 saturated carbocycles. The van der Waals surface area contributed by atoms with Crippen LogP contribution in [-0.4, -0.2) is 18.7 Å². The maximum absolute atomic E-state index is 12.0. The number of rotatable bonds is 6. The van der Waals surface area contributed by atoms with E-state index in [9.17, 15) is 18.0 Å². The fourth-order valence-electron chi connectivity index (χ4n) is 1.44. The van der Waals surface area contributed by atoms with E-state index in [0.717, 1.165) is 6.42 Å². The molecule has 1 amide bonds. The Morgan fingerprint density at radius 1 is 1.25 bits per heavy atom. The van der Waals surface area contributed by atoms with Crippen LogP contribution in [-0.2, 0) is 4.79 Å². The van der Waals surface area contributed by atoms with E-state index >= 15 is 0 Å². The number of carbonyl (C=O) groups is 1. The Bertz CT molecular complexity index is 427. The molecule has 3 nitrogen and oxygen atoms in total. The molecule has 0 aliphatic carbocycles. The van der Waals surface area contributed by atoms with Crippen molar-refractivity contribution >= 4 is 11.6 Å². The second-order valence-corrected chi connectivity index (χ2v) is 4.91. The summed E-state index contributed by atoms with van der Waals surface area (Å²) in [5, 5.41) is 2.68. The molecule has 0 bridgehead atoms. The van der Waals surface area contributed by atoms with E-state index in [1.165, 1.54) is 24.3 Å². The van der Waals surface area contributed by atoms with Crippen molar-refractivity contribution < 1.29 is 22.7 Å². The summed E-state index contributed by atoms with van der Waals surface area (Å²) in [5.41, 5.74) is 0.540. The van der Waals surface area contributed by atoms with Crippen LogP contribution < -0.4 is 10.1 Å². The predicted octanol–water partition coefficient (Wildman–Crippen LogP) is 4.00. The smallest absolute Gasteiger partial charge is 0.422 e. The summed E-state index contributed by atoms with van der Waals surface area (Å²) in [5.74, 6) is 0.448. The first kappa shape index (κ1) is 16.3. The standard InChI is InChI=1S/C14H18F3NO2/c1-10(2)3-8-13(19)18-11-4-6-12(7-5-11)20-9-14(15,16)17/h4-7,10H,3,8-9H2,1-2H3,(H,18,19). The molecule has 0 fully saturated rings. The summed E-state index contributed by atoms with van der Waals surface area (Å²) in [6.07, 6.45) is -3.15. The van der Waals surface area contributed by atoms with Gasteiger partial charge in [-0.25, -0.2) is 0 Å². The Morgan fingerprint density at radius 2 is 1.85 bits per heavy atom. The molecule has 1 N–H and O–H groups in total. The summed E-state index contributed by atoms with van der Waals surface area (Å²) >= 11 is 0. The molecule has 0 aromatic heterocycles. The van der Waals surface area contributed by atoms with Gasteiger partial charge in [-0.2, -0.15) is 13.2 Å². The predicted molar refractivity (Wildman–Crippen MR) is 70.7 cm³/mol. The lowest BCUT2D eigenvalue weighted by Gasteiger charge is -2.10. The third-order valence-corrected chi connectivity index (χ3v) is 2.49. The lowest BCUT2D eigenvalue weighted by atomic mass is 10.1. The molecule has 1 aromatic carbocycles. The third-order valence-electron chi connectivity index (χ3n) is 2.49. The Kier molecular flexibility index (Phi) is 5.85. The second-order valence-electron chi connectivity index (χ2n) is 4.91. The molecule has 0 unspecified atom stereocenters. The average molecular weight is 289 g/mol. The van der Waals surface area contributed by atoms with Crippen LogP contribution in [0.1, 0.15) is 26.7 Å². The van der Waals surface area contributed by atoms with Crippen molar-refractivity contribution in [2.75, 3.05) is 11.9 Å². The molecule has 0 atom stereocenters. The summed E-state index contributed by atoms with van der Waals surface area (Å²) in [4.78, 5) is 11.6. The number of hydrogen-bond acceptors (Lipinski definition) is 2. The average Bonchev–Trinajstić information content (AvgIpc) is 2.34. The number of benzene rings is 1. The monoisotopic (exact) mass is 289 g/mol. The largest absolute Gasteiger partial charge is 0.484 e. The minimum Gasteiger partial charge on any atom is -0.484 e. The zero-order valence-corrected chi connectivity index (χ0v) is 11.5. The molecule has 0 heterocycles. The van der Waals surface area contributed by atoms with E-state index in [0.29, 0.717) is 18.0 Å². The van der Waals surface area contributed by atoms with Gasteiger partial charge in [-0.05, 0) is 36.6 Å². The van der Waals surface area contributed by atoms with Crippen molar-refractivity contribution in [3.05, 3.63) is 24.3 Å². The van der Waals surface area contributed by atoms with Crippen molar-refractivity contribution in [1.29, 1.82) is 0 Å². The number of nitrogens with one attached hydrogen (secondary N) is 1. The van der Waals surface area contributed by atoms with Gasteiger partial charge < -0.3 is 10.1 Å². The van der Waals surface area contributed by atoms with Gasteiger partial charge >= 0.3 is 6.18 Å². The maximum atomic E-state index is 12.0. The minimum atomic E-state index is -4.36. The first-order valence-electron chi connectivity index (χ1n) is 6.36. The summed E-state index contributed by atoms with van der Waals surface area (Å²) < 4.78 is 40.5. The van der Waals surface area contributed by atoms with Gasteiger partial charge in [0, 0.05) is 12.1 Å². The zero-order chi connectivity index (χ0) is 15.2. The molecule has 0 aliphatic rings. The summed E-state index contributed by atoms with van der Waals surface area (Å²) in [7, 11) is 0. The van der Waals surface area contributed by atoms with E-state index in [-0.39, 0.29) is 11.7 Å². The van der Waals surface area contributed by atoms with E-state index in [1.807, 2.05) is 13.8 Å². The van der Waals surface area contributed by atoms with Crippen LogP contribution in [0.5, 0.6) is 5.75 Å². The molecule has 0 saturated heterocycles. The number of carbonyl (C=O) groups excluding carboxylic acids is 1. The lowest BCUT2D eigenvalue weighted by molar-refractivity contribution is -0.153. The summed E-state index contributed by atoms with van der Waals surface area (Å²) in [6, 6.07) is 5.81. The van der Waals surface area contributed by atoms with Crippen LogP contribution in [0.3, 0.4) is 0 Å². The van der Waals surface area contributed by atoms with E-state index in [1.54, 1.807) is 0 Å². The van der Waals surface area contributed by atoms with Gasteiger partial charge in [0.15, 0.2) is 6.61 Å². The number of alkyl halides is 3. The SMILES string of the molecule is CC(C)CCC(=O)Nc1ccc(OCC(F)(F)F)cc1. The van der Waals surface area contributed by atoms with Gasteiger partial charge in [0.1, 0.15) is 5.75 Å². The molecule has 20 heavy (non-hydrogen) atoms. The first-order chi connectivity index (χ1) is 9.26. The molecule has 6 heteroatoms. The summed E-state index contributed by atoms with van der Waals surface area (Å²) in [6.45, 7) is 2.73. The van der Waals surface area contributed by atoms with Crippen molar-refractivity contribution in [3.63, 3.8) is 0 Å². The van der Waals surface area contributed by atoms with Gasteiger partial charge in [0.25, 0.3) is 0 Å². The second kappa shape index (κ2) is 7.17. The Labute approximate surface area is 116 Å². The van der Waals surface area contributed by atoms with Crippen molar-refractivity contribution in [2.24, 2.45) is 5.92 Å². The number of ether oxygens (including phenoxy) is 1. The van der Waals surface area contributed by atoms with E-state index in [2.05, 4.69) is 10.1 Å². The molecule has 112 valence electrons. The van der Waals surface area contributed by atoms with Crippen molar-refractivity contribution in [3.8, 4) is 5.75 Å². The van der Waals surface area contributed by atoms with Gasteiger partial charge in [-0.3, -0.25) is 4.79 Å². The quantitative estimate of drug-likeness (QED) is 0.859. The van der Waals surface area contributed by atoms with Crippen LogP contribution >= 0.6 is 0 Å². The number of halogens is 3. The number of anilines is 1. The molecule has 0 spiro atoms. The van der Waals surface area contributed by atoms with Crippen LogP contribution in [0.25, 0.3) is 0 Å². The van der Waals surface area contributed by atoms with Crippen molar-refractivity contribution in [2.45, 2.75) is 32.9 Å². The zero-order valence-electron chi connectivity index (χ0n) is 11.5. The molecular weight excluding hydrogens is 271 g/mol. The number of amides is 1. The van der Waals surface area contributed by atoms with Gasteiger partial charge in [-0.15, -0.1) is 0 Å². The normalized spacial score (nSPS) is 11.5. The fourth-order valence-corrected chi connectivity index (χ4v) is 1.44. The molecule has 0 aliphatic heterocycles. The van der Waals surface area contributed by atoms with E-state index in [4.69, 9.17) is 0 Å². The Hall–Kier alpha value is -1.72. The highest BCUT2D eigenvalue weighted by atomic mass is 19.4.